The summed E-state index contributed by atoms with van der Waals surface area (Å²) >= 11 is 0. The lowest BCUT2D eigenvalue weighted by molar-refractivity contribution is -0.137. The molecule has 27 heavy (non-hydrogen) atoms. The number of piperazine rings is 1. The number of anilines is 1. The Hall–Kier alpha value is -2.34. The highest BCUT2D eigenvalue weighted by atomic mass is 32.2. The molecule has 0 aliphatic carbocycles. The van der Waals surface area contributed by atoms with Crippen LogP contribution in [0.5, 0.6) is 0 Å². The van der Waals surface area contributed by atoms with Crippen LogP contribution in [0, 0.1) is 5.92 Å². The lowest BCUT2D eigenvalue weighted by Gasteiger charge is -2.42. The maximum atomic E-state index is 12.7. The Kier molecular flexibility index (Phi) is 4.46. The molecule has 2 aliphatic heterocycles. The number of carbonyl (C=O) groups is 1. The molecule has 2 aliphatic rings. The molecule has 0 radical (unpaired) electrons. The highest BCUT2D eigenvalue weighted by molar-refractivity contribution is 7.88. The molecule has 0 unspecified atom stereocenters. The SMILES string of the molecule is CCn1nnc2c(N3CC(C(=O)N4CCN(S(C)(=O)=O)CC4)C3)ncnc21. The molecule has 2 aromatic heterocycles. The molecule has 0 saturated carbocycles. The number of hydrogen-bond acceptors (Lipinski definition) is 8. The fourth-order valence-electron chi connectivity index (χ4n) is 3.53. The van der Waals surface area contributed by atoms with Crippen LogP contribution in [-0.2, 0) is 21.4 Å². The summed E-state index contributed by atoms with van der Waals surface area (Å²) in [4.78, 5) is 25.0. The number of nitrogens with zero attached hydrogens (tertiary/aromatic N) is 8. The van der Waals surface area contributed by atoms with Crippen LogP contribution in [0.25, 0.3) is 11.2 Å². The van der Waals surface area contributed by atoms with E-state index < -0.39 is 10.0 Å². The quantitative estimate of drug-likeness (QED) is 0.633. The van der Waals surface area contributed by atoms with Crippen LogP contribution in [0.15, 0.2) is 6.33 Å². The fourth-order valence-corrected chi connectivity index (χ4v) is 4.36. The Bertz CT molecular complexity index is 961. The molecule has 11 nitrogen and oxygen atoms in total. The van der Waals surface area contributed by atoms with Crippen molar-refractivity contribution in [3.8, 4) is 0 Å². The minimum Gasteiger partial charge on any atom is -0.353 e. The summed E-state index contributed by atoms with van der Waals surface area (Å²) in [6.07, 6.45) is 2.69. The van der Waals surface area contributed by atoms with Gasteiger partial charge in [0, 0.05) is 45.8 Å². The first-order valence-electron chi connectivity index (χ1n) is 8.91. The van der Waals surface area contributed by atoms with E-state index >= 15 is 0 Å². The summed E-state index contributed by atoms with van der Waals surface area (Å²) < 4.78 is 26.3. The van der Waals surface area contributed by atoms with Crippen LogP contribution in [-0.4, -0.2) is 94.0 Å². The van der Waals surface area contributed by atoms with E-state index in [1.807, 2.05) is 11.8 Å². The molecule has 4 heterocycles. The number of carbonyl (C=O) groups excluding carboxylic acids is 1. The number of aromatic nitrogens is 5. The molecule has 1 amide bonds. The van der Waals surface area contributed by atoms with Crippen LogP contribution in [0.1, 0.15) is 6.92 Å². The van der Waals surface area contributed by atoms with E-state index in [0.29, 0.717) is 62.8 Å². The third-order valence-corrected chi connectivity index (χ3v) is 6.43. The molecule has 4 rings (SSSR count). The first-order chi connectivity index (χ1) is 12.9. The van der Waals surface area contributed by atoms with E-state index in [2.05, 4.69) is 20.3 Å². The van der Waals surface area contributed by atoms with Gasteiger partial charge in [0.05, 0.1) is 12.2 Å². The lowest BCUT2D eigenvalue weighted by Crippen LogP contribution is -2.58. The second-order valence-electron chi connectivity index (χ2n) is 6.86. The van der Waals surface area contributed by atoms with Gasteiger partial charge in [-0.15, -0.1) is 5.10 Å². The van der Waals surface area contributed by atoms with Crippen molar-refractivity contribution in [2.45, 2.75) is 13.5 Å². The van der Waals surface area contributed by atoms with Crippen molar-refractivity contribution in [2.75, 3.05) is 50.4 Å². The van der Waals surface area contributed by atoms with Crippen LogP contribution < -0.4 is 4.90 Å². The van der Waals surface area contributed by atoms with Crippen molar-refractivity contribution in [1.29, 1.82) is 0 Å². The Morgan fingerprint density at radius 2 is 1.89 bits per heavy atom. The third kappa shape index (κ3) is 3.23. The van der Waals surface area contributed by atoms with Gasteiger partial charge in [-0.3, -0.25) is 4.79 Å². The van der Waals surface area contributed by atoms with Crippen LogP contribution >= 0.6 is 0 Å². The molecule has 0 atom stereocenters. The fraction of sp³-hybridized carbons (Fsp3) is 0.667. The molecule has 12 heteroatoms. The Labute approximate surface area is 157 Å². The van der Waals surface area contributed by atoms with Crippen molar-refractivity contribution in [3.05, 3.63) is 6.33 Å². The largest absolute Gasteiger partial charge is 0.353 e. The van der Waals surface area contributed by atoms with Crippen LogP contribution in [0.3, 0.4) is 0 Å². The number of amides is 1. The smallest absolute Gasteiger partial charge is 0.229 e. The summed E-state index contributed by atoms with van der Waals surface area (Å²) in [6.45, 7) is 5.36. The molecule has 2 aromatic rings. The maximum Gasteiger partial charge on any atom is 0.229 e. The van der Waals surface area contributed by atoms with Gasteiger partial charge < -0.3 is 9.80 Å². The van der Waals surface area contributed by atoms with Gasteiger partial charge in [-0.05, 0) is 6.92 Å². The van der Waals surface area contributed by atoms with Crippen molar-refractivity contribution in [3.63, 3.8) is 0 Å². The summed E-state index contributed by atoms with van der Waals surface area (Å²) in [5.41, 5.74) is 1.33. The Morgan fingerprint density at radius 1 is 1.19 bits per heavy atom. The Balaban J connectivity index is 1.39. The number of rotatable bonds is 4. The zero-order chi connectivity index (χ0) is 19.2. The molecule has 0 spiro atoms. The van der Waals surface area contributed by atoms with E-state index in [4.69, 9.17) is 0 Å². The number of hydrogen-bond donors (Lipinski definition) is 0. The zero-order valence-corrected chi connectivity index (χ0v) is 16.1. The highest BCUT2D eigenvalue weighted by Gasteiger charge is 2.38. The predicted molar refractivity (Wildman–Crippen MR) is 97.5 cm³/mol. The number of aryl methyl sites for hydroxylation is 1. The van der Waals surface area contributed by atoms with Gasteiger partial charge in [0.1, 0.15) is 6.33 Å². The molecule has 2 saturated heterocycles. The van der Waals surface area contributed by atoms with Gasteiger partial charge in [0.2, 0.25) is 15.9 Å². The van der Waals surface area contributed by atoms with Gasteiger partial charge in [-0.2, -0.15) is 4.31 Å². The topological polar surface area (TPSA) is 117 Å². The zero-order valence-electron chi connectivity index (χ0n) is 15.3. The summed E-state index contributed by atoms with van der Waals surface area (Å²) in [7, 11) is -3.19. The maximum absolute atomic E-state index is 12.7. The van der Waals surface area contributed by atoms with Gasteiger partial charge in [-0.25, -0.2) is 23.1 Å². The number of sulfonamides is 1. The standard InChI is InChI=1S/C15H22N8O3S/c1-3-23-14-12(18-19-23)13(16-10-17-14)21-8-11(9-21)15(24)20-4-6-22(7-5-20)27(2,25)26/h10-11H,3-9H2,1-2H3. The van der Waals surface area contributed by atoms with Crippen molar-refractivity contribution in [2.24, 2.45) is 5.92 Å². The van der Waals surface area contributed by atoms with Crippen LogP contribution in [0.4, 0.5) is 5.82 Å². The monoisotopic (exact) mass is 394 g/mol. The average Bonchev–Trinajstić information content (AvgIpc) is 3.03. The molecule has 0 aromatic carbocycles. The van der Waals surface area contributed by atoms with Crippen LogP contribution in [0.2, 0.25) is 0 Å². The Morgan fingerprint density at radius 3 is 2.52 bits per heavy atom. The average molecular weight is 394 g/mol. The predicted octanol–water partition coefficient (Wildman–Crippen LogP) is -1.22. The van der Waals surface area contributed by atoms with Gasteiger partial charge in [0.15, 0.2) is 17.0 Å². The minimum absolute atomic E-state index is 0.0712. The molecular formula is C15H22N8O3S. The second kappa shape index (κ2) is 6.68. The normalized spacial score (nSPS) is 19.5. The number of fused-ring (bicyclic) bond motifs is 1. The van der Waals surface area contributed by atoms with E-state index in [1.165, 1.54) is 16.9 Å². The molecule has 0 N–H and O–H groups in total. The lowest BCUT2D eigenvalue weighted by atomic mass is 9.98. The summed E-state index contributed by atoms with van der Waals surface area (Å²) in [6, 6.07) is 0. The third-order valence-electron chi connectivity index (χ3n) is 5.13. The summed E-state index contributed by atoms with van der Waals surface area (Å²) in [5, 5.41) is 8.25. The first kappa shape index (κ1) is 18.0. The second-order valence-corrected chi connectivity index (χ2v) is 8.85. The van der Waals surface area contributed by atoms with E-state index in [9.17, 15) is 13.2 Å². The first-order valence-corrected chi connectivity index (χ1v) is 10.8. The summed E-state index contributed by atoms with van der Waals surface area (Å²) in [5.74, 6) is 0.661. The molecule has 2 fully saturated rings. The van der Waals surface area contributed by atoms with E-state index in [0.717, 1.165) is 0 Å². The van der Waals surface area contributed by atoms with E-state index in [1.54, 1.807) is 9.58 Å². The molecular weight excluding hydrogens is 372 g/mol. The van der Waals surface area contributed by atoms with Crippen molar-refractivity contribution < 1.29 is 13.2 Å². The van der Waals surface area contributed by atoms with E-state index in [-0.39, 0.29) is 11.8 Å². The highest BCUT2D eigenvalue weighted by Crippen LogP contribution is 2.28. The minimum atomic E-state index is -3.19. The molecule has 146 valence electrons. The molecule has 0 bridgehead atoms. The van der Waals surface area contributed by atoms with Crippen molar-refractivity contribution >= 4 is 32.9 Å². The van der Waals surface area contributed by atoms with Gasteiger partial charge >= 0.3 is 0 Å². The van der Waals surface area contributed by atoms with Gasteiger partial charge in [-0.1, -0.05) is 5.21 Å². The van der Waals surface area contributed by atoms with Crippen molar-refractivity contribution in [1.82, 2.24) is 34.2 Å². The van der Waals surface area contributed by atoms with Gasteiger partial charge in [0.25, 0.3) is 0 Å².